The summed E-state index contributed by atoms with van der Waals surface area (Å²) in [5, 5.41) is 0. The monoisotopic (exact) mass is 386 g/mol. The number of hydrogen-bond donors (Lipinski definition) is 0. The third-order valence-corrected chi connectivity index (χ3v) is 8.88. The molecule has 0 N–H and O–H groups in total. The van der Waals surface area contributed by atoms with Crippen LogP contribution in [-0.4, -0.2) is 42.8 Å². The lowest BCUT2D eigenvalue weighted by Gasteiger charge is -2.68. The molecule has 2 spiro atoms. The number of carbonyl (C=O) groups excluding carboxylic acids is 3. The zero-order chi connectivity index (χ0) is 20.1. The molecule has 6 rings (SSSR count). The van der Waals surface area contributed by atoms with Gasteiger partial charge in [0, 0.05) is 18.9 Å². The number of rotatable bonds is 3. The molecular weight excluding hydrogens is 356 g/mol. The van der Waals surface area contributed by atoms with Crippen LogP contribution in [0.25, 0.3) is 0 Å². The molecule has 4 bridgehead atoms. The first kappa shape index (κ1) is 18.7. The second-order valence-corrected chi connectivity index (χ2v) is 10.3. The van der Waals surface area contributed by atoms with Gasteiger partial charge in [0.1, 0.15) is 11.9 Å². The molecule has 0 radical (unpaired) electrons. The maximum absolute atomic E-state index is 14.0. The smallest absolute Gasteiger partial charge is 0.176 e. The molecule has 0 unspecified atom stereocenters. The largest absolute Gasteiger partial charge is 0.376 e. The van der Waals surface area contributed by atoms with Gasteiger partial charge in [0.25, 0.3) is 0 Å². The Balaban J connectivity index is 1.74. The molecule has 0 amide bonds. The fourth-order valence-electron chi connectivity index (χ4n) is 7.68. The van der Waals surface area contributed by atoms with Crippen molar-refractivity contribution in [2.75, 3.05) is 13.2 Å². The Kier molecular flexibility index (Phi) is 3.76. The van der Waals surface area contributed by atoms with Crippen LogP contribution in [0.1, 0.15) is 52.9 Å². The molecule has 2 heterocycles. The highest BCUT2D eigenvalue weighted by atomic mass is 16.5. The van der Waals surface area contributed by atoms with Crippen molar-refractivity contribution in [3.05, 3.63) is 12.2 Å². The van der Waals surface area contributed by atoms with Crippen molar-refractivity contribution in [1.82, 2.24) is 0 Å². The molecule has 7 atom stereocenters. The first-order valence-electron chi connectivity index (χ1n) is 10.8. The third kappa shape index (κ3) is 1.84. The Hall–Kier alpha value is -1.33. The molecular formula is C23H30O5. The average molecular weight is 386 g/mol. The summed E-state index contributed by atoms with van der Waals surface area (Å²) in [6.45, 7) is 11.0. The van der Waals surface area contributed by atoms with E-state index in [-0.39, 0.29) is 46.6 Å². The number of hydrogen-bond acceptors (Lipinski definition) is 5. The van der Waals surface area contributed by atoms with Crippen LogP contribution in [-0.2, 0) is 23.9 Å². The fourth-order valence-corrected chi connectivity index (χ4v) is 7.68. The molecule has 0 aromatic heterocycles. The Morgan fingerprint density at radius 1 is 1.21 bits per heavy atom. The van der Waals surface area contributed by atoms with Crippen LogP contribution in [0.5, 0.6) is 0 Å². The van der Waals surface area contributed by atoms with E-state index in [4.69, 9.17) is 9.47 Å². The van der Waals surface area contributed by atoms with Crippen molar-refractivity contribution in [3.63, 3.8) is 0 Å². The van der Waals surface area contributed by atoms with Gasteiger partial charge in [0.2, 0.25) is 0 Å². The second kappa shape index (κ2) is 5.63. The van der Waals surface area contributed by atoms with Gasteiger partial charge in [-0.15, -0.1) is 0 Å². The molecule has 0 aromatic carbocycles. The van der Waals surface area contributed by atoms with Gasteiger partial charge in [-0.25, -0.2) is 0 Å². The quantitative estimate of drug-likeness (QED) is 0.551. The molecule has 5 nitrogen and oxygen atoms in total. The van der Waals surface area contributed by atoms with Gasteiger partial charge in [-0.2, -0.15) is 0 Å². The lowest BCUT2D eigenvalue weighted by Crippen LogP contribution is -2.77. The van der Waals surface area contributed by atoms with Crippen LogP contribution in [0.3, 0.4) is 0 Å². The maximum atomic E-state index is 14.0. The number of Topliss-reactive ketones (excluding diaryl/α,β-unsaturated/α-hetero) is 3. The van der Waals surface area contributed by atoms with E-state index >= 15 is 0 Å². The van der Waals surface area contributed by atoms with Gasteiger partial charge in [-0.05, 0) is 48.5 Å². The topological polar surface area (TPSA) is 69.7 Å². The Bertz CT molecular complexity index is 797. The van der Waals surface area contributed by atoms with E-state index in [1.54, 1.807) is 0 Å². The third-order valence-electron chi connectivity index (χ3n) is 8.88. The summed E-state index contributed by atoms with van der Waals surface area (Å²) in [6, 6.07) is 0. The van der Waals surface area contributed by atoms with Crippen LogP contribution in [0.15, 0.2) is 12.2 Å². The van der Waals surface area contributed by atoms with Crippen LogP contribution in [0.4, 0.5) is 0 Å². The summed E-state index contributed by atoms with van der Waals surface area (Å²) in [4.78, 5) is 41.0. The van der Waals surface area contributed by atoms with Gasteiger partial charge in [-0.3, -0.25) is 14.4 Å². The van der Waals surface area contributed by atoms with E-state index in [2.05, 4.69) is 20.4 Å². The standard InChI is InChI=1S/C23H30O5/c1-5-8-27-17-18-21(3,4)16-9-15(24)23(18,11-28-16)14-7-6-13-10-22(14,20(17)26)19(25)12(13)2/h13-14,16-18H,2,5-11H2,1,3-4H3/t13-,14-,16+,17+,18-,22+,23-/m1/s1. The van der Waals surface area contributed by atoms with E-state index < -0.39 is 16.9 Å². The lowest BCUT2D eigenvalue weighted by atomic mass is 9.37. The summed E-state index contributed by atoms with van der Waals surface area (Å²) in [5.41, 5.74) is -1.70. The van der Waals surface area contributed by atoms with Gasteiger partial charge in [-0.1, -0.05) is 27.4 Å². The van der Waals surface area contributed by atoms with Crippen molar-refractivity contribution >= 4 is 17.3 Å². The average Bonchev–Trinajstić information content (AvgIpc) is 2.85. The maximum Gasteiger partial charge on any atom is 0.176 e. The van der Waals surface area contributed by atoms with Crippen molar-refractivity contribution in [3.8, 4) is 0 Å². The van der Waals surface area contributed by atoms with Crippen molar-refractivity contribution < 1.29 is 23.9 Å². The van der Waals surface area contributed by atoms with Gasteiger partial charge in [0.05, 0.1) is 23.5 Å². The molecule has 2 aliphatic heterocycles. The number of fused-ring (bicyclic) bond motifs is 3. The number of ether oxygens (including phenoxy) is 2. The van der Waals surface area contributed by atoms with Crippen LogP contribution < -0.4 is 0 Å². The minimum atomic E-state index is -1.13. The van der Waals surface area contributed by atoms with Gasteiger partial charge >= 0.3 is 0 Å². The lowest BCUT2D eigenvalue weighted by molar-refractivity contribution is -0.272. The SMILES string of the molecule is C=C1C(=O)[C@]23C[C@H]1CC[C@H]2[C@]12CO[C@@H](CC1=O)C(C)(C)[C@H]2[C@H](OCCC)C3=O. The first-order chi connectivity index (χ1) is 13.2. The number of ketones is 3. The molecule has 2 saturated heterocycles. The highest BCUT2D eigenvalue weighted by molar-refractivity contribution is 6.19. The molecule has 152 valence electrons. The molecule has 4 saturated carbocycles. The molecule has 28 heavy (non-hydrogen) atoms. The fraction of sp³-hybridized carbons (Fsp3) is 0.783. The number of carbonyl (C=O) groups is 3. The van der Waals surface area contributed by atoms with E-state index in [1.807, 2.05) is 6.92 Å². The normalized spacial score (nSPS) is 48.6. The van der Waals surface area contributed by atoms with Gasteiger partial charge in [0.15, 0.2) is 11.6 Å². The van der Waals surface area contributed by atoms with Crippen molar-refractivity contribution in [2.45, 2.75) is 65.1 Å². The van der Waals surface area contributed by atoms with Gasteiger partial charge < -0.3 is 9.47 Å². The van der Waals surface area contributed by atoms with Crippen LogP contribution in [0, 0.1) is 34.0 Å². The zero-order valence-electron chi connectivity index (χ0n) is 17.1. The van der Waals surface area contributed by atoms with Crippen LogP contribution in [0.2, 0.25) is 0 Å². The minimum absolute atomic E-state index is 0.0661. The van der Waals surface area contributed by atoms with Crippen molar-refractivity contribution in [2.24, 2.45) is 34.0 Å². The Morgan fingerprint density at radius 3 is 2.64 bits per heavy atom. The summed E-state index contributed by atoms with van der Waals surface area (Å²) >= 11 is 0. The highest BCUT2D eigenvalue weighted by Gasteiger charge is 2.79. The number of allylic oxidation sites excluding steroid dienone is 1. The summed E-state index contributed by atoms with van der Waals surface area (Å²) in [7, 11) is 0. The van der Waals surface area contributed by atoms with E-state index in [0.29, 0.717) is 38.0 Å². The molecule has 4 aliphatic carbocycles. The molecule has 6 aliphatic rings. The molecule has 6 fully saturated rings. The Labute approximate surface area is 166 Å². The predicted octanol–water partition coefficient (Wildman–Crippen LogP) is 2.91. The minimum Gasteiger partial charge on any atom is -0.376 e. The van der Waals surface area contributed by atoms with E-state index in [9.17, 15) is 14.4 Å². The highest BCUT2D eigenvalue weighted by Crippen LogP contribution is 2.71. The first-order valence-corrected chi connectivity index (χ1v) is 10.8. The molecule has 5 heteroatoms. The van der Waals surface area contributed by atoms with Crippen LogP contribution >= 0.6 is 0 Å². The second-order valence-electron chi connectivity index (χ2n) is 10.3. The summed E-state index contributed by atoms with van der Waals surface area (Å²) in [5.74, 6) is -0.470. The predicted molar refractivity (Wildman–Crippen MR) is 102 cm³/mol. The van der Waals surface area contributed by atoms with Crippen molar-refractivity contribution in [1.29, 1.82) is 0 Å². The zero-order valence-corrected chi connectivity index (χ0v) is 17.1. The summed E-state index contributed by atoms with van der Waals surface area (Å²) in [6.07, 6.45) is 2.32. The summed E-state index contributed by atoms with van der Waals surface area (Å²) < 4.78 is 12.4. The van der Waals surface area contributed by atoms with E-state index in [0.717, 1.165) is 12.8 Å². The molecule has 0 aromatic rings. The van der Waals surface area contributed by atoms with E-state index in [1.165, 1.54) is 0 Å². The Morgan fingerprint density at radius 2 is 1.96 bits per heavy atom.